The second-order valence-electron chi connectivity index (χ2n) is 4.15. The first kappa shape index (κ1) is 15.4. The van der Waals surface area contributed by atoms with Gasteiger partial charge in [0.05, 0.1) is 38.9 Å². The van der Waals surface area contributed by atoms with Gasteiger partial charge in [-0.05, 0) is 23.8 Å². The van der Waals surface area contributed by atoms with Crippen molar-refractivity contribution in [2.45, 2.75) is 17.3 Å². The highest BCUT2D eigenvalue weighted by molar-refractivity contribution is 7.84. The minimum absolute atomic E-state index is 0.264. The number of methoxy groups -OCH3 is 1. The van der Waals surface area contributed by atoms with Crippen LogP contribution in [-0.2, 0) is 27.9 Å². The number of ether oxygens (including phenoxy) is 1. The Kier molecular flexibility index (Phi) is 5.54. The first-order valence-corrected chi connectivity index (χ1v) is 7.94. The third-order valence-electron chi connectivity index (χ3n) is 2.65. The monoisotopic (exact) mass is 329 g/mol. The van der Waals surface area contributed by atoms with Gasteiger partial charge in [-0.1, -0.05) is 35.3 Å². The van der Waals surface area contributed by atoms with Gasteiger partial charge in [0.25, 0.3) is 0 Å². The molecule has 1 atom stereocenters. The fraction of sp³-hybridized carbons (Fsp3) is 0.214. The van der Waals surface area contributed by atoms with E-state index in [1.165, 1.54) is 6.20 Å². The molecule has 1 aromatic heterocycles. The average Bonchev–Trinajstić information content (AvgIpc) is 2.43. The molecular weight excluding hydrogens is 317 g/mol. The lowest BCUT2D eigenvalue weighted by atomic mass is 10.2. The van der Waals surface area contributed by atoms with Crippen LogP contribution in [0.15, 0.2) is 41.4 Å². The molecule has 0 aliphatic heterocycles. The number of hydrogen-bond acceptors (Lipinski definition) is 3. The molecule has 106 valence electrons. The summed E-state index contributed by atoms with van der Waals surface area (Å²) < 4.78 is 17.3. The summed E-state index contributed by atoms with van der Waals surface area (Å²) in [5.74, 6) is 0.264. The van der Waals surface area contributed by atoms with Gasteiger partial charge in [-0.25, -0.2) is 0 Å². The molecule has 0 spiro atoms. The number of rotatable bonds is 5. The van der Waals surface area contributed by atoms with Crippen LogP contribution in [0.4, 0.5) is 0 Å². The minimum atomic E-state index is -1.19. The number of nitrogens with zero attached hydrogens (tertiary/aromatic N) is 1. The van der Waals surface area contributed by atoms with Crippen LogP contribution < -0.4 is 0 Å². The molecule has 1 unspecified atom stereocenters. The highest BCUT2D eigenvalue weighted by Gasteiger charge is 2.10. The van der Waals surface area contributed by atoms with Gasteiger partial charge in [-0.3, -0.25) is 9.19 Å². The van der Waals surface area contributed by atoms with Crippen molar-refractivity contribution in [3.63, 3.8) is 0 Å². The molecule has 1 aromatic carbocycles. The molecule has 0 N–H and O–H groups in total. The van der Waals surface area contributed by atoms with Crippen molar-refractivity contribution in [3.8, 4) is 0 Å². The van der Waals surface area contributed by atoms with Crippen LogP contribution in [0.25, 0.3) is 0 Å². The smallest absolute Gasteiger partial charge is 0.0720 e. The zero-order valence-corrected chi connectivity index (χ0v) is 13.1. The van der Waals surface area contributed by atoms with Crippen LogP contribution in [0.3, 0.4) is 0 Å². The van der Waals surface area contributed by atoms with E-state index in [1.807, 2.05) is 24.3 Å². The second kappa shape index (κ2) is 7.18. The Morgan fingerprint density at radius 3 is 2.55 bits per heavy atom. The molecule has 20 heavy (non-hydrogen) atoms. The van der Waals surface area contributed by atoms with Gasteiger partial charge < -0.3 is 4.74 Å². The Balaban J connectivity index is 2.11. The van der Waals surface area contributed by atoms with Crippen molar-refractivity contribution in [1.82, 2.24) is 4.98 Å². The molecule has 3 nitrogen and oxygen atoms in total. The SMILES string of the molecule is COCc1ccc(S(=O)Cc2ncc(Cl)cc2Cl)cc1. The summed E-state index contributed by atoms with van der Waals surface area (Å²) in [6, 6.07) is 9.05. The van der Waals surface area contributed by atoms with Crippen molar-refractivity contribution >= 4 is 34.0 Å². The van der Waals surface area contributed by atoms with Crippen LogP contribution in [0.5, 0.6) is 0 Å². The first-order valence-electron chi connectivity index (χ1n) is 5.86. The van der Waals surface area contributed by atoms with E-state index < -0.39 is 10.8 Å². The van der Waals surface area contributed by atoms with Crippen LogP contribution in [-0.4, -0.2) is 16.3 Å². The summed E-state index contributed by atoms with van der Waals surface area (Å²) in [5, 5.41) is 0.898. The summed E-state index contributed by atoms with van der Waals surface area (Å²) in [7, 11) is 0.445. The third-order valence-corrected chi connectivity index (χ3v) is 4.52. The van der Waals surface area contributed by atoms with E-state index in [0.29, 0.717) is 22.3 Å². The standard InChI is InChI=1S/C14H13Cl2NO2S/c1-19-8-10-2-4-12(5-3-10)20(18)9-14-13(16)6-11(15)7-17-14/h2-7H,8-9H2,1H3. The van der Waals surface area contributed by atoms with E-state index in [4.69, 9.17) is 27.9 Å². The maximum Gasteiger partial charge on any atom is 0.0720 e. The van der Waals surface area contributed by atoms with Gasteiger partial charge in [0.2, 0.25) is 0 Å². The number of benzene rings is 1. The fourth-order valence-corrected chi connectivity index (χ4v) is 3.27. The van der Waals surface area contributed by atoms with E-state index in [1.54, 1.807) is 13.2 Å². The topological polar surface area (TPSA) is 39.2 Å². The lowest BCUT2D eigenvalue weighted by Gasteiger charge is -2.05. The Morgan fingerprint density at radius 1 is 1.25 bits per heavy atom. The van der Waals surface area contributed by atoms with Crippen LogP contribution >= 0.6 is 23.2 Å². The number of pyridine rings is 1. The maximum absolute atomic E-state index is 12.3. The third kappa shape index (κ3) is 4.03. The molecule has 0 bridgehead atoms. The van der Waals surface area contributed by atoms with Crippen LogP contribution in [0.2, 0.25) is 10.0 Å². The first-order chi connectivity index (χ1) is 9.60. The molecule has 0 aliphatic carbocycles. The molecule has 0 amide bonds. The van der Waals surface area contributed by atoms with Crippen molar-refractivity contribution in [2.75, 3.05) is 7.11 Å². The van der Waals surface area contributed by atoms with E-state index in [-0.39, 0.29) is 5.75 Å². The Bertz CT molecular complexity index is 617. The Morgan fingerprint density at radius 2 is 1.95 bits per heavy atom. The lowest BCUT2D eigenvalue weighted by molar-refractivity contribution is 0.185. The Labute approximate surface area is 130 Å². The predicted octanol–water partition coefficient (Wildman–Crippen LogP) is 3.84. The van der Waals surface area contributed by atoms with E-state index in [9.17, 15) is 4.21 Å². The predicted molar refractivity (Wildman–Crippen MR) is 81.5 cm³/mol. The molecule has 6 heteroatoms. The molecule has 0 radical (unpaired) electrons. The molecule has 2 rings (SSSR count). The van der Waals surface area contributed by atoms with Crippen LogP contribution in [0.1, 0.15) is 11.3 Å². The summed E-state index contributed by atoms with van der Waals surface area (Å²) in [6.45, 7) is 0.539. The summed E-state index contributed by atoms with van der Waals surface area (Å²) >= 11 is 11.8. The van der Waals surface area contributed by atoms with Gasteiger partial charge in [0.1, 0.15) is 0 Å². The number of aromatic nitrogens is 1. The zero-order valence-electron chi connectivity index (χ0n) is 10.8. The van der Waals surface area contributed by atoms with Gasteiger partial charge in [-0.15, -0.1) is 0 Å². The van der Waals surface area contributed by atoms with Gasteiger partial charge in [0, 0.05) is 18.2 Å². The molecule has 0 aliphatic rings. The normalized spacial score (nSPS) is 12.3. The molecule has 0 saturated heterocycles. The van der Waals surface area contributed by atoms with Crippen molar-refractivity contribution in [3.05, 3.63) is 57.8 Å². The zero-order chi connectivity index (χ0) is 14.5. The molecule has 0 saturated carbocycles. The number of halogens is 2. The highest BCUT2D eigenvalue weighted by Crippen LogP contribution is 2.21. The van der Waals surface area contributed by atoms with E-state index in [0.717, 1.165) is 10.5 Å². The summed E-state index contributed by atoms with van der Waals surface area (Å²) in [6.07, 6.45) is 1.50. The molecule has 0 fully saturated rings. The minimum Gasteiger partial charge on any atom is -0.380 e. The summed E-state index contributed by atoms with van der Waals surface area (Å²) in [4.78, 5) is 4.85. The van der Waals surface area contributed by atoms with Crippen molar-refractivity contribution < 1.29 is 8.95 Å². The molecule has 2 aromatic rings. The second-order valence-corrected chi connectivity index (χ2v) is 6.44. The van der Waals surface area contributed by atoms with E-state index in [2.05, 4.69) is 4.98 Å². The quantitative estimate of drug-likeness (QED) is 0.836. The summed E-state index contributed by atoms with van der Waals surface area (Å²) in [5.41, 5.74) is 1.62. The van der Waals surface area contributed by atoms with Gasteiger partial charge in [-0.2, -0.15) is 0 Å². The van der Waals surface area contributed by atoms with Gasteiger partial charge in [0.15, 0.2) is 0 Å². The van der Waals surface area contributed by atoms with Crippen LogP contribution in [0, 0.1) is 0 Å². The van der Waals surface area contributed by atoms with Crippen molar-refractivity contribution in [2.24, 2.45) is 0 Å². The van der Waals surface area contributed by atoms with E-state index >= 15 is 0 Å². The lowest BCUT2D eigenvalue weighted by Crippen LogP contribution is -2.00. The molecule has 1 heterocycles. The average molecular weight is 330 g/mol. The largest absolute Gasteiger partial charge is 0.380 e. The highest BCUT2D eigenvalue weighted by atomic mass is 35.5. The van der Waals surface area contributed by atoms with Crippen molar-refractivity contribution in [1.29, 1.82) is 0 Å². The maximum atomic E-state index is 12.3. The van der Waals surface area contributed by atoms with Gasteiger partial charge >= 0.3 is 0 Å². The number of hydrogen-bond donors (Lipinski definition) is 0. The Hall–Kier alpha value is -0.940. The fourth-order valence-electron chi connectivity index (χ4n) is 1.66. The molecular formula is C14H13Cl2NO2S.